The van der Waals surface area contributed by atoms with Gasteiger partial charge >= 0.3 is 0 Å². The van der Waals surface area contributed by atoms with E-state index in [0.717, 1.165) is 13.1 Å². The van der Waals surface area contributed by atoms with Crippen molar-refractivity contribution in [1.82, 2.24) is 10.2 Å². The normalized spacial score (nSPS) is 27.1. The topological polar surface area (TPSA) is 15.3 Å². The molecule has 0 aromatic rings. The molecule has 1 aliphatic carbocycles. The Morgan fingerprint density at radius 3 is 2.44 bits per heavy atom. The molecule has 1 saturated carbocycles. The largest absolute Gasteiger partial charge is 0.308 e. The van der Waals surface area contributed by atoms with Crippen LogP contribution in [-0.4, -0.2) is 35.6 Å². The van der Waals surface area contributed by atoms with E-state index >= 15 is 0 Å². The van der Waals surface area contributed by atoms with Crippen molar-refractivity contribution < 1.29 is 0 Å². The van der Waals surface area contributed by atoms with Crippen LogP contribution in [-0.2, 0) is 0 Å². The summed E-state index contributed by atoms with van der Waals surface area (Å²) in [5.74, 6) is 0. The van der Waals surface area contributed by atoms with Gasteiger partial charge in [-0.05, 0) is 40.5 Å². The van der Waals surface area contributed by atoms with Gasteiger partial charge in [-0.15, -0.1) is 0 Å². The number of rotatable bonds is 2. The van der Waals surface area contributed by atoms with E-state index in [1.54, 1.807) is 0 Å². The molecular formula is C16H30N2. The fourth-order valence-electron chi connectivity index (χ4n) is 3.32. The Bertz CT molecular complexity index is 307. The molecule has 0 atom stereocenters. The van der Waals surface area contributed by atoms with Crippen molar-refractivity contribution in [2.24, 2.45) is 0 Å². The highest BCUT2D eigenvalue weighted by molar-refractivity contribution is 5.06. The Kier molecular flexibility index (Phi) is 4.18. The Morgan fingerprint density at radius 2 is 1.83 bits per heavy atom. The molecule has 0 bridgehead atoms. The van der Waals surface area contributed by atoms with E-state index in [9.17, 15) is 0 Å². The molecule has 2 rings (SSSR count). The standard InChI is InChI=1S/C16H30N2/c1-14(2)8-11-18-13-16(9-6-5-7-10-16)17-12-15(18,3)4/h8,17H,5-7,9-13H2,1-4H3. The zero-order valence-electron chi connectivity index (χ0n) is 12.7. The molecule has 0 unspecified atom stereocenters. The maximum absolute atomic E-state index is 3.88. The first-order valence-corrected chi connectivity index (χ1v) is 7.57. The van der Waals surface area contributed by atoms with Gasteiger partial charge in [-0.25, -0.2) is 0 Å². The summed E-state index contributed by atoms with van der Waals surface area (Å²) >= 11 is 0. The fraction of sp³-hybridized carbons (Fsp3) is 0.875. The van der Waals surface area contributed by atoms with Gasteiger partial charge in [0.25, 0.3) is 0 Å². The van der Waals surface area contributed by atoms with Gasteiger partial charge in [0.1, 0.15) is 0 Å². The second kappa shape index (κ2) is 5.34. The van der Waals surface area contributed by atoms with Crippen LogP contribution in [0.1, 0.15) is 59.8 Å². The quantitative estimate of drug-likeness (QED) is 0.756. The predicted molar refractivity (Wildman–Crippen MR) is 78.9 cm³/mol. The van der Waals surface area contributed by atoms with Gasteiger partial charge in [-0.3, -0.25) is 4.90 Å². The Balaban J connectivity index is 2.06. The molecule has 104 valence electrons. The van der Waals surface area contributed by atoms with Crippen LogP contribution < -0.4 is 5.32 Å². The number of hydrogen-bond acceptors (Lipinski definition) is 2. The lowest BCUT2D eigenvalue weighted by molar-refractivity contribution is 0.0194. The smallest absolute Gasteiger partial charge is 0.0309 e. The Labute approximate surface area is 113 Å². The molecular weight excluding hydrogens is 220 g/mol. The third-order valence-electron chi connectivity index (χ3n) is 4.78. The zero-order chi connectivity index (χ0) is 13.2. The van der Waals surface area contributed by atoms with Crippen molar-refractivity contribution >= 4 is 0 Å². The van der Waals surface area contributed by atoms with E-state index in [1.165, 1.54) is 44.2 Å². The van der Waals surface area contributed by atoms with Gasteiger partial charge in [0.15, 0.2) is 0 Å². The molecule has 0 amide bonds. The number of allylic oxidation sites excluding steroid dienone is 1. The fourth-order valence-corrected chi connectivity index (χ4v) is 3.32. The summed E-state index contributed by atoms with van der Waals surface area (Å²) in [7, 11) is 0. The summed E-state index contributed by atoms with van der Waals surface area (Å²) in [6, 6.07) is 0. The van der Waals surface area contributed by atoms with Gasteiger partial charge in [0.05, 0.1) is 0 Å². The minimum absolute atomic E-state index is 0.286. The molecule has 0 radical (unpaired) electrons. The molecule has 1 saturated heterocycles. The van der Waals surface area contributed by atoms with Crippen LogP contribution >= 0.6 is 0 Å². The van der Waals surface area contributed by atoms with Crippen LogP contribution in [0, 0.1) is 0 Å². The summed E-state index contributed by atoms with van der Waals surface area (Å²) < 4.78 is 0. The summed E-state index contributed by atoms with van der Waals surface area (Å²) in [6.45, 7) is 12.6. The van der Waals surface area contributed by atoms with Crippen LogP contribution in [0.3, 0.4) is 0 Å². The number of nitrogens with zero attached hydrogens (tertiary/aromatic N) is 1. The maximum atomic E-state index is 3.88. The minimum Gasteiger partial charge on any atom is -0.308 e. The van der Waals surface area contributed by atoms with Gasteiger partial charge in [0, 0.05) is 30.7 Å². The monoisotopic (exact) mass is 250 g/mol. The van der Waals surface area contributed by atoms with Crippen molar-refractivity contribution in [3.8, 4) is 0 Å². The summed E-state index contributed by atoms with van der Waals surface area (Å²) in [5, 5.41) is 3.88. The lowest BCUT2D eigenvalue weighted by Crippen LogP contribution is -2.68. The lowest BCUT2D eigenvalue weighted by Gasteiger charge is -2.53. The van der Waals surface area contributed by atoms with E-state index in [2.05, 4.69) is 44.0 Å². The summed E-state index contributed by atoms with van der Waals surface area (Å²) in [6.07, 6.45) is 9.36. The highest BCUT2D eigenvalue weighted by Crippen LogP contribution is 2.34. The van der Waals surface area contributed by atoms with Gasteiger partial charge in [0.2, 0.25) is 0 Å². The van der Waals surface area contributed by atoms with Crippen LogP contribution in [0.5, 0.6) is 0 Å². The number of nitrogens with one attached hydrogen (secondary N) is 1. The van der Waals surface area contributed by atoms with Gasteiger partial charge in [-0.1, -0.05) is 30.9 Å². The molecule has 1 heterocycles. The molecule has 1 spiro atoms. The third kappa shape index (κ3) is 3.16. The summed E-state index contributed by atoms with van der Waals surface area (Å²) in [4.78, 5) is 2.68. The van der Waals surface area contributed by atoms with Crippen LogP contribution in [0.25, 0.3) is 0 Å². The minimum atomic E-state index is 0.286. The van der Waals surface area contributed by atoms with E-state index in [-0.39, 0.29) is 5.54 Å². The van der Waals surface area contributed by atoms with Crippen LogP contribution in [0.2, 0.25) is 0 Å². The number of hydrogen-bond donors (Lipinski definition) is 1. The third-order valence-corrected chi connectivity index (χ3v) is 4.78. The van der Waals surface area contributed by atoms with Crippen molar-refractivity contribution in [2.45, 2.75) is 70.9 Å². The first kappa shape index (κ1) is 14.1. The van der Waals surface area contributed by atoms with Crippen molar-refractivity contribution in [3.63, 3.8) is 0 Å². The number of piperazine rings is 1. The molecule has 1 aliphatic heterocycles. The first-order valence-electron chi connectivity index (χ1n) is 7.57. The molecule has 2 heteroatoms. The summed E-state index contributed by atoms with van der Waals surface area (Å²) in [5.41, 5.74) is 2.14. The molecule has 0 aromatic carbocycles. The van der Waals surface area contributed by atoms with Gasteiger partial charge in [-0.2, -0.15) is 0 Å². The van der Waals surface area contributed by atoms with Crippen molar-refractivity contribution in [2.75, 3.05) is 19.6 Å². The van der Waals surface area contributed by atoms with Crippen LogP contribution in [0.15, 0.2) is 11.6 Å². The average molecular weight is 250 g/mol. The van der Waals surface area contributed by atoms with Crippen molar-refractivity contribution in [1.29, 1.82) is 0 Å². The highest BCUT2D eigenvalue weighted by Gasteiger charge is 2.42. The lowest BCUT2D eigenvalue weighted by atomic mass is 9.77. The van der Waals surface area contributed by atoms with Gasteiger partial charge < -0.3 is 5.32 Å². The second-order valence-electron chi connectivity index (χ2n) is 7.17. The highest BCUT2D eigenvalue weighted by atomic mass is 15.3. The van der Waals surface area contributed by atoms with E-state index in [1.807, 2.05) is 0 Å². The molecule has 2 aliphatic rings. The van der Waals surface area contributed by atoms with Crippen molar-refractivity contribution in [3.05, 3.63) is 11.6 Å². The van der Waals surface area contributed by atoms with E-state index in [0.29, 0.717) is 5.54 Å². The molecule has 2 nitrogen and oxygen atoms in total. The Morgan fingerprint density at radius 1 is 1.17 bits per heavy atom. The first-order chi connectivity index (χ1) is 8.44. The SMILES string of the molecule is CC(C)=CCN1CC2(CCCCC2)NCC1(C)C. The maximum Gasteiger partial charge on any atom is 0.0309 e. The second-order valence-corrected chi connectivity index (χ2v) is 7.17. The Hall–Kier alpha value is -0.340. The zero-order valence-corrected chi connectivity index (χ0v) is 12.7. The average Bonchev–Trinajstić information content (AvgIpc) is 2.32. The predicted octanol–water partition coefficient (Wildman–Crippen LogP) is 3.34. The molecule has 18 heavy (non-hydrogen) atoms. The molecule has 1 N–H and O–H groups in total. The van der Waals surface area contributed by atoms with E-state index < -0.39 is 0 Å². The molecule has 0 aromatic heterocycles. The molecule has 2 fully saturated rings. The van der Waals surface area contributed by atoms with Crippen LogP contribution in [0.4, 0.5) is 0 Å². The van der Waals surface area contributed by atoms with E-state index in [4.69, 9.17) is 0 Å².